The first-order valence-electron chi connectivity index (χ1n) is 15.8. The number of hydrogen-bond donors (Lipinski definition) is 3. The van der Waals surface area contributed by atoms with Gasteiger partial charge in [-0.25, -0.2) is 0 Å². The monoisotopic (exact) mass is 553 g/mol. The first kappa shape index (κ1) is 37.6. The molecule has 0 spiro atoms. The number of aliphatic hydroxyl groups excluding tert-OH is 2. The van der Waals surface area contributed by atoms with Crippen LogP contribution in [0.5, 0.6) is 0 Å². The molecule has 0 aliphatic rings. The number of hydrogen-bond acceptors (Lipinski definition) is 3. The Balaban J connectivity index is 3.72. The van der Waals surface area contributed by atoms with Crippen molar-refractivity contribution in [2.75, 3.05) is 6.61 Å². The first-order chi connectivity index (χ1) is 19.7. The number of carbonyl (C=O) groups excluding carboxylic acids is 1. The van der Waals surface area contributed by atoms with Gasteiger partial charge < -0.3 is 15.5 Å². The Morgan fingerprint density at radius 2 is 1.10 bits per heavy atom. The Hall–Kier alpha value is -2.43. The Morgan fingerprint density at radius 3 is 1.62 bits per heavy atom. The normalized spacial score (nSPS) is 14.4. The van der Waals surface area contributed by atoms with Crippen molar-refractivity contribution in [3.05, 3.63) is 85.1 Å². The zero-order valence-corrected chi connectivity index (χ0v) is 25.6. The summed E-state index contributed by atoms with van der Waals surface area (Å²) in [5.41, 5.74) is 0. The fourth-order valence-electron chi connectivity index (χ4n) is 3.94. The topological polar surface area (TPSA) is 69.6 Å². The van der Waals surface area contributed by atoms with E-state index in [1.54, 1.807) is 6.08 Å². The van der Waals surface area contributed by atoms with Crippen molar-refractivity contribution in [1.29, 1.82) is 0 Å². The van der Waals surface area contributed by atoms with E-state index in [2.05, 4.69) is 92.1 Å². The molecule has 2 unspecified atom stereocenters. The molecule has 4 nitrogen and oxygen atoms in total. The molecule has 0 aliphatic heterocycles. The van der Waals surface area contributed by atoms with Crippen molar-refractivity contribution >= 4 is 5.91 Å². The van der Waals surface area contributed by atoms with Gasteiger partial charge in [0.15, 0.2) is 0 Å². The second-order valence-corrected chi connectivity index (χ2v) is 10.1. The summed E-state index contributed by atoms with van der Waals surface area (Å²) in [6.07, 6.45) is 45.4. The summed E-state index contributed by atoms with van der Waals surface area (Å²) in [4.78, 5) is 12.2. The molecule has 0 aliphatic carbocycles. The van der Waals surface area contributed by atoms with Gasteiger partial charge in [-0.2, -0.15) is 0 Å². The molecule has 0 fully saturated rings. The molecule has 0 aromatic carbocycles. The number of allylic oxidation sites excluding steroid dienone is 13. The van der Waals surface area contributed by atoms with Crippen LogP contribution in [0.4, 0.5) is 0 Å². The van der Waals surface area contributed by atoms with Crippen LogP contribution < -0.4 is 5.32 Å². The summed E-state index contributed by atoms with van der Waals surface area (Å²) >= 11 is 0. The van der Waals surface area contributed by atoms with Crippen molar-refractivity contribution in [1.82, 2.24) is 5.32 Å². The number of carbonyl (C=O) groups is 1. The lowest BCUT2D eigenvalue weighted by atomic mass is 10.1. The third-order valence-corrected chi connectivity index (χ3v) is 6.38. The average Bonchev–Trinajstić information content (AvgIpc) is 2.96. The summed E-state index contributed by atoms with van der Waals surface area (Å²) < 4.78 is 0. The molecular weight excluding hydrogens is 494 g/mol. The molecular formula is C36H59NO3. The lowest BCUT2D eigenvalue weighted by molar-refractivity contribution is -0.123. The largest absolute Gasteiger partial charge is 0.394 e. The van der Waals surface area contributed by atoms with Crippen LogP contribution in [0, 0.1) is 0 Å². The van der Waals surface area contributed by atoms with E-state index in [9.17, 15) is 15.0 Å². The van der Waals surface area contributed by atoms with Crippen molar-refractivity contribution in [3.63, 3.8) is 0 Å². The van der Waals surface area contributed by atoms with Crippen LogP contribution in [-0.4, -0.2) is 34.9 Å². The van der Waals surface area contributed by atoms with Gasteiger partial charge in [0.2, 0.25) is 5.91 Å². The molecule has 0 radical (unpaired) electrons. The molecule has 226 valence electrons. The van der Waals surface area contributed by atoms with Crippen molar-refractivity contribution in [3.8, 4) is 0 Å². The smallest absolute Gasteiger partial charge is 0.220 e. The van der Waals surface area contributed by atoms with Gasteiger partial charge in [0.25, 0.3) is 0 Å². The third-order valence-electron chi connectivity index (χ3n) is 6.38. The molecule has 0 saturated heterocycles. The van der Waals surface area contributed by atoms with Gasteiger partial charge in [0.05, 0.1) is 18.8 Å². The Labute approximate surface area is 246 Å². The Morgan fingerprint density at radius 1 is 0.625 bits per heavy atom. The molecule has 0 heterocycles. The zero-order valence-electron chi connectivity index (χ0n) is 25.6. The number of amides is 1. The summed E-state index contributed by atoms with van der Waals surface area (Å²) in [6, 6.07) is -0.636. The maximum atomic E-state index is 12.2. The average molecular weight is 554 g/mol. The SMILES string of the molecule is CC/C=C\C/C=C\C/C=C\C/C=C\C/C=C\C/C=C\CCCCCCC(=O)NC(CO)C(O)/C=C/CCCCC. The van der Waals surface area contributed by atoms with Crippen LogP contribution in [0.25, 0.3) is 0 Å². The van der Waals surface area contributed by atoms with E-state index in [1.165, 1.54) is 6.42 Å². The highest BCUT2D eigenvalue weighted by Crippen LogP contribution is 2.08. The van der Waals surface area contributed by atoms with Crippen LogP contribution in [-0.2, 0) is 4.79 Å². The predicted octanol–water partition coefficient (Wildman–Crippen LogP) is 9.00. The summed E-state index contributed by atoms with van der Waals surface area (Å²) in [6.45, 7) is 4.04. The lowest BCUT2D eigenvalue weighted by Crippen LogP contribution is -2.45. The van der Waals surface area contributed by atoms with Crippen molar-refractivity contribution in [2.45, 2.75) is 129 Å². The minimum atomic E-state index is -0.850. The fourth-order valence-corrected chi connectivity index (χ4v) is 3.94. The maximum absolute atomic E-state index is 12.2. The molecule has 1 amide bonds. The second kappa shape index (κ2) is 31.1. The van der Waals surface area contributed by atoms with E-state index in [0.29, 0.717) is 6.42 Å². The molecule has 2 atom stereocenters. The van der Waals surface area contributed by atoms with E-state index in [4.69, 9.17) is 0 Å². The molecule has 0 bridgehead atoms. The Kier molecular flexibility index (Phi) is 29.2. The van der Waals surface area contributed by atoms with E-state index in [0.717, 1.165) is 89.9 Å². The highest BCUT2D eigenvalue weighted by molar-refractivity contribution is 5.76. The number of nitrogens with one attached hydrogen (secondary N) is 1. The molecule has 0 saturated carbocycles. The van der Waals surface area contributed by atoms with Crippen LogP contribution in [0.15, 0.2) is 85.1 Å². The van der Waals surface area contributed by atoms with Crippen molar-refractivity contribution < 1.29 is 15.0 Å². The minimum Gasteiger partial charge on any atom is -0.394 e. The quantitative estimate of drug-likeness (QED) is 0.0739. The summed E-state index contributed by atoms with van der Waals surface area (Å²) in [5, 5.41) is 22.5. The van der Waals surface area contributed by atoms with Gasteiger partial charge in [0, 0.05) is 6.42 Å². The molecule has 0 rings (SSSR count). The molecule has 4 heteroatoms. The molecule has 0 aromatic rings. The standard InChI is InChI=1S/C36H59NO3/c1-3-5-7-9-10-11-12-13-14-15-16-17-18-19-20-21-22-23-24-25-26-28-30-32-36(40)37-34(33-38)35(39)31-29-27-8-6-4-2/h5,7,10-11,13-14,16-17,19-20,22-23,29,31,34-35,38-39H,3-4,6,8-9,12,15,18,21,24-28,30,32-33H2,1-2H3,(H,37,40)/b7-5-,11-10-,14-13-,17-16-,20-19-,23-22-,31-29+. The maximum Gasteiger partial charge on any atom is 0.220 e. The van der Waals surface area contributed by atoms with E-state index in [-0.39, 0.29) is 12.5 Å². The van der Waals surface area contributed by atoms with Crippen LogP contribution in [0.3, 0.4) is 0 Å². The van der Waals surface area contributed by atoms with Gasteiger partial charge in [-0.3, -0.25) is 4.79 Å². The molecule has 3 N–H and O–H groups in total. The van der Waals surface area contributed by atoms with Crippen molar-refractivity contribution in [2.24, 2.45) is 0 Å². The number of rotatable bonds is 26. The second-order valence-electron chi connectivity index (χ2n) is 10.1. The van der Waals surface area contributed by atoms with Gasteiger partial charge in [-0.1, -0.05) is 125 Å². The van der Waals surface area contributed by atoms with Gasteiger partial charge in [-0.05, 0) is 70.6 Å². The van der Waals surface area contributed by atoms with E-state index < -0.39 is 12.1 Å². The highest BCUT2D eigenvalue weighted by Gasteiger charge is 2.17. The van der Waals surface area contributed by atoms with E-state index >= 15 is 0 Å². The van der Waals surface area contributed by atoms with Crippen LogP contribution in [0.1, 0.15) is 117 Å². The van der Waals surface area contributed by atoms with Gasteiger partial charge in [0.1, 0.15) is 0 Å². The number of unbranched alkanes of at least 4 members (excludes halogenated alkanes) is 7. The number of aliphatic hydroxyl groups is 2. The fraction of sp³-hybridized carbons (Fsp3) is 0.583. The van der Waals surface area contributed by atoms with Gasteiger partial charge in [-0.15, -0.1) is 0 Å². The summed E-state index contributed by atoms with van der Waals surface area (Å²) in [5.74, 6) is -0.102. The zero-order chi connectivity index (χ0) is 29.4. The van der Waals surface area contributed by atoms with Gasteiger partial charge >= 0.3 is 0 Å². The van der Waals surface area contributed by atoms with E-state index in [1.807, 2.05) is 6.08 Å². The van der Waals surface area contributed by atoms with Crippen LogP contribution in [0.2, 0.25) is 0 Å². The molecule has 0 aromatic heterocycles. The Bertz CT molecular complexity index is 773. The summed E-state index contributed by atoms with van der Waals surface area (Å²) in [7, 11) is 0. The third kappa shape index (κ3) is 27.1. The first-order valence-corrected chi connectivity index (χ1v) is 15.8. The van der Waals surface area contributed by atoms with Crippen LogP contribution >= 0.6 is 0 Å². The predicted molar refractivity (Wildman–Crippen MR) is 174 cm³/mol. The lowest BCUT2D eigenvalue weighted by Gasteiger charge is -2.19. The molecule has 40 heavy (non-hydrogen) atoms. The highest BCUT2D eigenvalue weighted by atomic mass is 16.3. The minimum absolute atomic E-state index is 0.102.